The average Bonchev–Trinajstić information content (AvgIpc) is 3.01. The third kappa shape index (κ3) is 1.94. The van der Waals surface area contributed by atoms with Crippen LogP contribution in [0.15, 0.2) is 30.5 Å². The van der Waals surface area contributed by atoms with Crippen molar-refractivity contribution < 1.29 is 9.53 Å². The predicted octanol–water partition coefficient (Wildman–Crippen LogP) is 2.94. The number of fused-ring (bicyclic) bond motifs is 2. The standard InChI is InChI=1S/C18H20N2O2/c1-3-22-18-9-13(10-18)20(11-18)17(21)15-6-7-19-16-8-12(2)4-5-14(15)16/h4-8,13H,3,9-11H2,1-2H3. The molecule has 2 saturated heterocycles. The SMILES string of the molecule is CCOC12CC(C1)N(C(=O)c1ccnc3cc(C)ccc13)C2. The summed E-state index contributed by atoms with van der Waals surface area (Å²) in [5.74, 6) is 0.111. The first-order valence-corrected chi connectivity index (χ1v) is 7.92. The Kier molecular flexibility index (Phi) is 2.98. The fourth-order valence-electron chi connectivity index (χ4n) is 3.89. The van der Waals surface area contributed by atoms with Crippen LogP contribution in [0.1, 0.15) is 35.7 Å². The van der Waals surface area contributed by atoms with Crippen LogP contribution in [0.5, 0.6) is 0 Å². The number of aryl methyl sites for hydroxylation is 1. The number of hydrogen-bond donors (Lipinski definition) is 0. The first kappa shape index (κ1) is 13.7. The fraction of sp³-hybridized carbons (Fsp3) is 0.444. The van der Waals surface area contributed by atoms with Crippen LogP contribution in [0, 0.1) is 6.92 Å². The molecule has 1 aliphatic carbocycles. The first-order chi connectivity index (χ1) is 10.6. The number of amides is 1. The lowest BCUT2D eigenvalue weighted by molar-refractivity contribution is -0.0623. The Morgan fingerprint density at radius 3 is 3.00 bits per heavy atom. The van der Waals surface area contributed by atoms with Crippen molar-refractivity contribution in [3.8, 4) is 0 Å². The molecule has 0 atom stereocenters. The van der Waals surface area contributed by atoms with Crippen molar-refractivity contribution in [3.63, 3.8) is 0 Å². The third-order valence-electron chi connectivity index (χ3n) is 4.95. The lowest BCUT2D eigenvalue weighted by Gasteiger charge is -2.36. The summed E-state index contributed by atoms with van der Waals surface area (Å²) >= 11 is 0. The van der Waals surface area contributed by atoms with Gasteiger partial charge in [0.1, 0.15) is 0 Å². The zero-order valence-electron chi connectivity index (χ0n) is 13.0. The van der Waals surface area contributed by atoms with Crippen LogP contribution in [0.2, 0.25) is 0 Å². The van der Waals surface area contributed by atoms with Gasteiger partial charge in [0.05, 0.1) is 23.2 Å². The summed E-state index contributed by atoms with van der Waals surface area (Å²) in [4.78, 5) is 19.4. The molecule has 3 heterocycles. The highest BCUT2D eigenvalue weighted by molar-refractivity contribution is 6.06. The van der Waals surface area contributed by atoms with Crippen LogP contribution in [0.3, 0.4) is 0 Å². The molecule has 2 bridgehead atoms. The molecule has 2 aliphatic heterocycles. The molecule has 4 heteroatoms. The van der Waals surface area contributed by atoms with Crippen LogP contribution in [0.4, 0.5) is 0 Å². The van der Waals surface area contributed by atoms with Gasteiger partial charge in [0.2, 0.25) is 0 Å². The summed E-state index contributed by atoms with van der Waals surface area (Å²) in [6, 6.07) is 8.24. The summed E-state index contributed by atoms with van der Waals surface area (Å²) in [5, 5.41) is 0.938. The number of carbonyl (C=O) groups is 1. The second-order valence-electron chi connectivity index (χ2n) is 6.49. The smallest absolute Gasteiger partial charge is 0.254 e. The molecule has 3 aliphatic rings. The minimum atomic E-state index is -0.0749. The van der Waals surface area contributed by atoms with Gasteiger partial charge in [0.15, 0.2) is 0 Å². The number of carbonyl (C=O) groups excluding carboxylic acids is 1. The van der Waals surface area contributed by atoms with E-state index in [1.54, 1.807) is 6.20 Å². The lowest BCUT2D eigenvalue weighted by atomic mass is 9.81. The van der Waals surface area contributed by atoms with Crippen molar-refractivity contribution >= 4 is 16.8 Å². The van der Waals surface area contributed by atoms with Gasteiger partial charge in [-0.15, -0.1) is 0 Å². The van der Waals surface area contributed by atoms with E-state index in [-0.39, 0.29) is 11.5 Å². The van der Waals surface area contributed by atoms with Crippen molar-refractivity contribution in [1.29, 1.82) is 0 Å². The van der Waals surface area contributed by atoms with Crippen molar-refractivity contribution in [2.75, 3.05) is 13.2 Å². The molecule has 114 valence electrons. The van der Waals surface area contributed by atoms with E-state index in [9.17, 15) is 4.79 Å². The zero-order chi connectivity index (χ0) is 15.3. The topological polar surface area (TPSA) is 42.4 Å². The highest BCUT2D eigenvalue weighted by Gasteiger charge is 2.57. The minimum absolute atomic E-state index is 0.0749. The molecule has 22 heavy (non-hydrogen) atoms. The van der Waals surface area contributed by atoms with Crippen LogP contribution in [-0.2, 0) is 4.74 Å². The van der Waals surface area contributed by atoms with E-state index >= 15 is 0 Å². The summed E-state index contributed by atoms with van der Waals surface area (Å²) in [6.07, 6.45) is 3.69. The monoisotopic (exact) mass is 296 g/mol. The summed E-state index contributed by atoms with van der Waals surface area (Å²) in [7, 11) is 0. The molecule has 1 amide bonds. The molecule has 0 spiro atoms. The van der Waals surface area contributed by atoms with Gasteiger partial charge in [-0.3, -0.25) is 9.78 Å². The maximum absolute atomic E-state index is 13.0. The van der Waals surface area contributed by atoms with Crippen LogP contribution < -0.4 is 0 Å². The minimum Gasteiger partial charge on any atom is -0.373 e. The third-order valence-corrected chi connectivity index (χ3v) is 4.95. The first-order valence-electron chi connectivity index (χ1n) is 7.92. The molecule has 4 nitrogen and oxygen atoms in total. The maximum Gasteiger partial charge on any atom is 0.254 e. The van der Waals surface area contributed by atoms with Crippen molar-refractivity contribution in [3.05, 3.63) is 41.6 Å². The van der Waals surface area contributed by atoms with E-state index in [4.69, 9.17) is 4.74 Å². The summed E-state index contributed by atoms with van der Waals surface area (Å²) in [5.41, 5.74) is 2.72. The Hall–Kier alpha value is -1.94. The Labute approximate surface area is 130 Å². The van der Waals surface area contributed by atoms with E-state index in [2.05, 4.69) is 4.98 Å². The Morgan fingerprint density at radius 1 is 1.41 bits per heavy atom. The van der Waals surface area contributed by atoms with Crippen LogP contribution in [-0.4, -0.2) is 40.6 Å². The number of hydrogen-bond acceptors (Lipinski definition) is 3. The van der Waals surface area contributed by atoms with E-state index in [1.807, 2.05) is 43.0 Å². The molecule has 1 saturated carbocycles. The van der Waals surface area contributed by atoms with Gasteiger partial charge >= 0.3 is 0 Å². The van der Waals surface area contributed by atoms with Gasteiger partial charge in [-0.1, -0.05) is 12.1 Å². The summed E-state index contributed by atoms with van der Waals surface area (Å²) in [6.45, 7) is 5.49. The zero-order valence-corrected chi connectivity index (χ0v) is 13.0. The maximum atomic E-state index is 13.0. The van der Waals surface area contributed by atoms with Gasteiger partial charge in [-0.2, -0.15) is 0 Å². The van der Waals surface area contributed by atoms with E-state index in [0.717, 1.165) is 41.4 Å². The van der Waals surface area contributed by atoms with E-state index < -0.39 is 0 Å². The second-order valence-corrected chi connectivity index (χ2v) is 6.49. The number of nitrogens with zero attached hydrogens (tertiary/aromatic N) is 2. The molecule has 1 aromatic carbocycles. The molecule has 5 rings (SSSR count). The molecule has 0 radical (unpaired) electrons. The molecule has 3 fully saturated rings. The highest BCUT2D eigenvalue weighted by atomic mass is 16.5. The van der Waals surface area contributed by atoms with Gasteiger partial charge in [-0.05, 0) is 44.4 Å². The normalized spacial score (nSPS) is 26.3. The van der Waals surface area contributed by atoms with Gasteiger partial charge in [0.25, 0.3) is 5.91 Å². The molecule has 0 unspecified atom stereocenters. The molecule has 2 aromatic rings. The number of pyridine rings is 1. The number of ether oxygens (including phenoxy) is 1. The van der Waals surface area contributed by atoms with E-state index in [0.29, 0.717) is 12.6 Å². The molecular weight excluding hydrogens is 276 g/mol. The summed E-state index contributed by atoms with van der Waals surface area (Å²) < 4.78 is 5.87. The van der Waals surface area contributed by atoms with Gasteiger partial charge in [0, 0.05) is 24.2 Å². The quantitative estimate of drug-likeness (QED) is 0.874. The molecular formula is C18H20N2O2. The average molecular weight is 296 g/mol. The van der Waals surface area contributed by atoms with Crippen LogP contribution in [0.25, 0.3) is 10.9 Å². The number of aromatic nitrogens is 1. The number of rotatable bonds is 3. The van der Waals surface area contributed by atoms with Gasteiger partial charge < -0.3 is 9.64 Å². The van der Waals surface area contributed by atoms with Crippen LogP contribution >= 0.6 is 0 Å². The predicted molar refractivity (Wildman–Crippen MR) is 84.9 cm³/mol. The van der Waals surface area contributed by atoms with Gasteiger partial charge in [-0.25, -0.2) is 0 Å². The molecule has 1 aromatic heterocycles. The van der Waals surface area contributed by atoms with Crippen molar-refractivity contribution in [2.45, 2.75) is 38.3 Å². The second kappa shape index (κ2) is 4.78. The lowest BCUT2D eigenvalue weighted by Crippen LogP contribution is -2.43. The number of benzene rings is 1. The highest BCUT2D eigenvalue weighted by Crippen LogP contribution is 2.47. The largest absolute Gasteiger partial charge is 0.373 e. The Bertz CT molecular complexity index is 750. The fourth-order valence-corrected chi connectivity index (χ4v) is 3.89. The molecule has 0 N–H and O–H groups in total. The van der Waals surface area contributed by atoms with Crippen molar-refractivity contribution in [2.24, 2.45) is 0 Å². The Balaban J connectivity index is 1.67. The van der Waals surface area contributed by atoms with E-state index in [1.165, 1.54) is 0 Å². The Morgan fingerprint density at radius 2 is 2.23 bits per heavy atom. The van der Waals surface area contributed by atoms with Crippen molar-refractivity contribution in [1.82, 2.24) is 9.88 Å².